The van der Waals surface area contributed by atoms with Crippen molar-refractivity contribution in [2.24, 2.45) is 4.99 Å². The Hall–Kier alpha value is -4.36. The summed E-state index contributed by atoms with van der Waals surface area (Å²) < 4.78 is 1.73. The normalized spacial score (nSPS) is 11.7. The number of likely N-dealkylation sites (N-methyl/N-ethyl adjacent to an activating group) is 1. The maximum absolute atomic E-state index is 12.6. The fourth-order valence-electron chi connectivity index (χ4n) is 3.92. The van der Waals surface area contributed by atoms with E-state index in [0.717, 1.165) is 22.2 Å². The average molecular weight is 484 g/mol. The topological polar surface area (TPSA) is 86.5 Å². The van der Waals surface area contributed by atoms with E-state index in [1.165, 1.54) is 0 Å². The minimum atomic E-state index is -0.0633. The van der Waals surface area contributed by atoms with Crippen LogP contribution in [-0.2, 0) is 11.3 Å². The van der Waals surface area contributed by atoms with Gasteiger partial charge in [0.1, 0.15) is 6.54 Å². The van der Waals surface area contributed by atoms with Gasteiger partial charge in [-0.25, -0.2) is 9.98 Å². The number of fused-ring (bicyclic) bond motifs is 1. The van der Waals surface area contributed by atoms with Crippen LogP contribution in [0.15, 0.2) is 96.5 Å². The fraction of sp³-hybridized carbons (Fsp3) is 0.0741. The third-order valence-electron chi connectivity index (χ3n) is 5.75. The fourth-order valence-corrected chi connectivity index (χ4v) is 4.09. The molecule has 0 radical (unpaired) electrons. The largest absolute Gasteiger partial charge is 0.494 e. The van der Waals surface area contributed by atoms with E-state index in [4.69, 9.17) is 16.6 Å². The first-order valence-corrected chi connectivity index (χ1v) is 11.3. The van der Waals surface area contributed by atoms with Crippen molar-refractivity contribution >= 4 is 45.5 Å². The zero-order valence-corrected chi connectivity index (χ0v) is 19.6. The van der Waals surface area contributed by atoms with Gasteiger partial charge in [-0.2, -0.15) is 0 Å². The van der Waals surface area contributed by atoms with Gasteiger partial charge in [-0.05, 0) is 36.4 Å². The zero-order valence-electron chi connectivity index (χ0n) is 18.9. The monoisotopic (exact) mass is 483 g/mol. The number of carbonyl (C=O) groups is 1. The summed E-state index contributed by atoms with van der Waals surface area (Å²) in [6, 6.07) is 22.5. The second kappa shape index (κ2) is 9.48. The minimum absolute atomic E-state index is 0.0197. The number of nitrogens with zero attached hydrogens (tertiary/aromatic N) is 4. The maximum Gasteiger partial charge on any atom is 0.246 e. The van der Waals surface area contributed by atoms with E-state index in [2.05, 4.69) is 9.97 Å². The molecule has 174 valence electrons. The summed E-state index contributed by atoms with van der Waals surface area (Å²) in [7, 11) is 1.74. The minimum Gasteiger partial charge on any atom is -0.494 e. The Morgan fingerprint density at radius 1 is 1.11 bits per heavy atom. The summed E-state index contributed by atoms with van der Waals surface area (Å²) >= 11 is 6.14. The highest BCUT2D eigenvalue weighted by molar-refractivity contribution is 6.31. The van der Waals surface area contributed by atoms with E-state index in [1.807, 2.05) is 60.7 Å². The summed E-state index contributed by atoms with van der Waals surface area (Å²) in [6.45, 7) is 0.207. The number of halogens is 1. The number of imidazole rings is 1. The van der Waals surface area contributed by atoms with Crippen LogP contribution in [0.5, 0.6) is 5.88 Å². The predicted molar refractivity (Wildman–Crippen MR) is 139 cm³/mol. The number of benzene rings is 3. The van der Waals surface area contributed by atoms with Crippen LogP contribution < -0.4 is 4.90 Å². The maximum atomic E-state index is 12.6. The number of carbonyl (C=O) groups excluding carboxylic acids is 1. The third kappa shape index (κ3) is 4.67. The molecule has 2 N–H and O–H groups in total. The SMILES string of the molecule is CN(C(=O)Cn1ccnc1)c1ccc(N=C(c2ccccc2)c2c(O)[nH]c3cc(Cl)ccc23)cc1. The molecule has 0 unspecified atom stereocenters. The molecule has 1 amide bonds. The van der Waals surface area contributed by atoms with E-state index in [-0.39, 0.29) is 18.3 Å². The molecule has 5 aromatic rings. The Bertz CT molecular complexity index is 1510. The molecule has 5 rings (SSSR count). The molecule has 3 aromatic carbocycles. The molecule has 0 fully saturated rings. The quantitative estimate of drug-likeness (QED) is 0.310. The van der Waals surface area contributed by atoms with Crippen molar-refractivity contribution in [2.45, 2.75) is 6.54 Å². The van der Waals surface area contributed by atoms with Gasteiger partial charge in [0.05, 0.1) is 28.8 Å². The molecule has 0 atom stereocenters. The Kier molecular flexibility index (Phi) is 6.08. The van der Waals surface area contributed by atoms with Crippen molar-refractivity contribution in [1.82, 2.24) is 14.5 Å². The summed E-state index contributed by atoms with van der Waals surface area (Å²) in [4.78, 5) is 26.1. The standard InChI is InChI=1S/C27H22ClN5O2/c1-32(24(34)16-33-14-13-29-17-33)21-10-8-20(9-11-21)30-26(18-5-3-2-4-6-18)25-22-12-7-19(28)15-23(22)31-27(25)35/h2-15,17,31,35H,16H2,1H3. The van der Waals surface area contributed by atoms with Crippen molar-refractivity contribution in [2.75, 3.05) is 11.9 Å². The first-order chi connectivity index (χ1) is 17.0. The lowest BCUT2D eigenvalue weighted by atomic mass is 10.0. The molecule has 8 heteroatoms. The van der Waals surface area contributed by atoms with E-state index < -0.39 is 0 Å². The Morgan fingerprint density at radius 3 is 2.60 bits per heavy atom. The van der Waals surface area contributed by atoms with Gasteiger partial charge in [0.25, 0.3) is 0 Å². The lowest BCUT2D eigenvalue weighted by Crippen LogP contribution is -2.29. The summed E-state index contributed by atoms with van der Waals surface area (Å²) in [5, 5.41) is 12.2. The number of hydrogen-bond donors (Lipinski definition) is 2. The molecule has 0 saturated carbocycles. The number of anilines is 1. The lowest BCUT2D eigenvalue weighted by molar-refractivity contribution is -0.118. The van der Waals surface area contributed by atoms with Gasteiger partial charge >= 0.3 is 0 Å². The molecule has 0 spiro atoms. The van der Waals surface area contributed by atoms with Crippen LogP contribution in [0.1, 0.15) is 11.1 Å². The first kappa shape index (κ1) is 22.4. The Balaban J connectivity index is 1.51. The third-order valence-corrected chi connectivity index (χ3v) is 5.99. The van der Waals surface area contributed by atoms with Crippen LogP contribution in [-0.4, -0.2) is 38.3 Å². The molecule has 7 nitrogen and oxygen atoms in total. The van der Waals surface area contributed by atoms with Crippen molar-refractivity contribution in [1.29, 1.82) is 0 Å². The number of aromatic hydroxyl groups is 1. The van der Waals surface area contributed by atoms with Crippen molar-refractivity contribution < 1.29 is 9.90 Å². The molecule has 0 aliphatic rings. The average Bonchev–Trinajstić information content (AvgIpc) is 3.49. The highest BCUT2D eigenvalue weighted by atomic mass is 35.5. The van der Waals surface area contributed by atoms with Crippen molar-refractivity contribution in [3.05, 3.63) is 108 Å². The molecular weight excluding hydrogens is 462 g/mol. The second-order valence-electron chi connectivity index (χ2n) is 8.07. The van der Waals surface area contributed by atoms with Crippen LogP contribution in [0.25, 0.3) is 10.9 Å². The molecule has 2 aromatic heterocycles. The van der Waals surface area contributed by atoms with Gasteiger partial charge in [-0.1, -0.05) is 48.0 Å². The number of nitrogens with one attached hydrogen (secondary N) is 1. The van der Waals surface area contributed by atoms with Crippen LogP contribution >= 0.6 is 11.6 Å². The van der Waals surface area contributed by atoms with Gasteiger partial charge in [0.15, 0.2) is 5.88 Å². The van der Waals surface area contributed by atoms with Crippen LogP contribution in [0.2, 0.25) is 5.02 Å². The van der Waals surface area contributed by atoms with Gasteiger partial charge in [0, 0.05) is 41.1 Å². The van der Waals surface area contributed by atoms with Crippen molar-refractivity contribution in [3.63, 3.8) is 0 Å². The predicted octanol–water partition coefficient (Wildman–Crippen LogP) is 5.56. The van der Waals surface area contributed by atoms with Gasteiger partial charge in [-0.15, -0.1) is 0 Å². The first-order valence-electron chi connectivity index (χ1n) is 11.0. The number of aromatic amines is 1. The summed E-state index contributed by atoms with van der Waals surface area (Å²) in [5.41, 5.74) is 4.23. The second-order valence-corrected chi connectivity index (χ2v) is 8.51. The highest BCUT2D eigenvalue weighted by Gasteiger charge is 2.19. The van der Waals surface area contributed by atoms with E-state index >= 15 is 0 Å². The smallest absolute Gasteiger partial charge is 0.246 e. The summed E-state index contributed by atoms with van der Waals surface area (Å²) in [5.74, 6) is -0.0436. The number of hydrogen-bond acceptors (Lipinski definition) is 4. The molecule has 2 heterocycles. The van der Waals surface area contributed by atoms with Crippen LogP contribution in [0, 0.1) is 0 Å². The molecule has 35 heavy (non-hydrogen) atoms. The van der Waals surface area contributed by atoms with Crippen molar-refractivity contribution in [3.8, 4) is 5.88 Å². The molecule has 0 saturated heterocycles. The van der Waals surface area contributed by atoms with Gasteiger partial charge < -0.3 is 19.6 Å². The van der Waals surface area contributed by atoms with E-state index in [1.54, 1.807) is 47.4 Å². The highest BCUT2D eigenvalue weighted by Crippen LogP contribution is 2.33. The molecular formula is C27H22ClN5O2. The molecule has 0 aliphatic heterocycles. The number of aromatic nitrogens is 3. The molecule has 0 bridgehead atoms. The number of aliphatic imine (C=N–C) groups is 1. The molecule has 0 aliphatic carbocycles. The zero-order chi connectivity index (χ0) is 24.4. The number of rotatable bonds is 6. The Labute approximate surface area is 207 Å². The van der Waals surface area contributed by atoms with Gasteiger partial charge in [0.2, 0.25) is 5.91 Å². The van der Waals surface area contributed by atoms with E-state index in [9.17, 15) is 9.90 Å². The lowest BCUT2D eigenvalue weighted by Gasteiger charge is -2.17. The van der Waals surface area contributed by atoms with E-state index in [0.29, 0.717) is 22.0 Å². The van der Waals surface area contributed by atoms with Gasteiger partial charge in [-0.3, -0.25) is 4.79 Å². The number of H-pyrrole nitrogens is 1. The van der Waals surface area contributed by atoms with Crippen LogP contribution in [0.4, 0.5) is 11.4 Å². The van der Waals surface area contributed by atoms with Crippen LogP contribution in [0.3, 0.4) is 0 Å². The summed E-state index contributed by atoms with van der Waals surface area (Å²) in [6.07, 6.45) is 5.01. The number of amides is 1. The Morgan fingerprint density at radius 2 is 1.89 bits per heavy atom.